The molecule has 0 bridgehead atoms. The quantitative estimate of drug-likeness (QED) is 0.806. The highest BCUT2D eigenvalue weighted by Gasteiger charge is 2.60. The molecule has 0 aromatic heterocycles. The molecule has 0 unspecified atom stereocenters. The second kappa shape index (κ2) is 6.42. The van der Waals surface area contributed by atoms with Crippen LogP contribution in [0.2, 0.25) is 0 Å². The SMILES string of the molecule is CCCC[C@@H]1C(=O)[C@@](C)(CN2c3ccccc3[C@@]3(O)CCO[C@@H]23)C(=O)[C@H]1C. The minimum atomic E-state index is -1.06. The van der Waals surface area contributed by atoms with Gasteiger partial charge in [-0.05, 0) is 19.4 Å². The fraction of sp³-hybridized carbons (Fsp3) is 0.636. The Morgan fingerprint density at radius 1 is 1.26 bits per heavy atom. The summed E-state index contributed by atoms with van der Waals surface area (Å²) in [5.41, 5.74) is -0.409. The van der Waals surface area contributed by atoms with Gasteiger partial charge in [-0.15, -0.1) is 0 Å². The molecule has 27 heavy (non-hydrogen) atoms. The first-order chi connectivity index (χ1) is 12.8. The number of anilines is 1. The summed E-state index contributed by atoms with van der Waals surface area (Å²) in [4.78, 5) is 28.4. The number of Topliss-reactive ketones (excluding diaryl/α,β-unsaturated/α-hetero) is 2. The zero-order valence-corrected chi connectivity index (χ0v) is 16.4. The van der Waals surface area contributed by atoms with E-state index in [9.17, 15) is 14.7 Å². The van der Waals surface area contributed by atoms with Gasteiger partial charge in [0.05, 0.1) is 6.61 Å². The number of hydrogen-bond acceptors (Lipinski definition) is 5. The number of nitrogens with zero attached hydrogens (tertiary/aromatic N) is 1. The summed E-state index contributed by atoms with van der Waals surface area (Å²) in [6.07, 6.45) is 2.75. The van der Waals surface area contributed by atoms with E-state index in [0.717, 1.165) is 30.5 Å². The number of para-hydroxylation sites is 1. The summed E-state index contributed by atoms with van der Waals surface area (Å²) in [6.45, 7) is 6.52. The Bertz CT molecular complexity index is 777. The van der Waals surface area contributed by atoms with E-state index < -0.39 is 17.2 Å². The van der Waals surface area contributed by atoms with Crippen LogP contribution in [0.3, 0.4) is 0 Å². The highest BCUT2D eigenvalue weighted by Crippen LogP contribution is 2.51. The predicted octanol–water partition coefficient (Wildman–Crippen LogP) is 3.04. The lowest BCUT2D eigenvalue weighted by atomic mass is 9.84. The zero-order chi connectivity index (χ0) is 19.4. The lowest BCUT2D eigenvalue weighted by molar-refractivity contribution is -0.135. The summed E-state index contributed by atoms with van der Waals surface area (Å²) < 4.78 is 5.87. The number of carbonyl (C=O) groups excluding carboxylic acids is 2. The van der Waals surface area contributed by atoms with Crippen molar-refractivity contribution in [1.29, 1.82) is 0 Å². The fourth-order valence-electron chi connectivity index (χ4n) is 5.33. The molecule has 146 valence electrons. The van der Waals surface area contributed by atoms with Crippen molar-refractivity contribution in [2.45, 2.75) is 58.3 Å². The Morgan fingerprint density at radius 2 is 2.00 bits per heavy atom. The van der Waals surface area contributed by atoms with Crippen LogP contribution in [-0.2, 0) is 19.9 Å². The van der Waals surface area contributed by atoms with Crippen molar-refractivity contribution in [3.05, 3.63) is 29.8 Å². The highest BCUT2D eigenvalue weighted by molar-refractivity contribution is 6.15. The van der Waals surface area contributed by atoms with Gasteiger partial charge in [-0.3, -0.25) is 9.59 Å². The lowest BCUT2D eigenvalue weighted by Gasteiger charge is -2.34. The maximum Gasteiger partial charge on any atom is 0.163 e. The van der Waals surface area contributed by atoms with E-state index in [1.54, 1.807) is 6.92 Å². The van der Waals surface area contributed by atoms with E-state index in [2.05, 4.69) is 6.92 Å². The number of hydrogen-bond donors (Lipinski definition) is 1. The van der Waals surface area contributed by atoms with Gasteiger partial charge < -0.3 is 14.7 Å². The average molecular weight is 371 g/mol. The first-order valence-corrected chi connectivity index (χ1v) is 10.1. The Balaban J connectivity index is 1.67. The molecule has 2 aliphatic heterocycles. The summed E-state index contributed by atoms with van der Waals surface area (Å²) in [5, 5.41) is 11.2. The molecule has 4 rings (SSSR count). The van der Waals surface area contributed by atoms with Gasteiger partial charge in [0.25, 0.3) is 0 Å². The molecule has 1 aliphatic carbocycles. The number of ether oxygens (including phenoxy) is 1. The van der Waals surface area contributed by atoms with Gasteiger partial charge in [0.15, 0.2) is 17.8 Å². The maximum absolute atomic E-state index is 13.3. The molecule has 0 spiro atoms. The van der Waals surface area contributed by atoms with Crippen molar-refractivity contribution in [3.8, 4) is 0 Å². The highest BCUT2D eigenvalue weighted by atomic mass is 16.5. The Kier molecular flexibility index (Phi) is 4.43. The molecule has 5 heteroatoms. The number of ketones is 2. The van der Waals surface area contributed by atoms with Gasteiger partial charge in [-0.1, -0.05) is 44.9 Å². The first kappa shape index (κ1) is 18.6. The molecular formula is C22H29NO4. The van der Waals surface area contributed by atoms with Crippen molar-refractivity contribution < 1.29 is 19.4 Å². The largest absolute Gasteiger partial charge is 0.380 e. The first-order valence-electron chi connectivity index (χ1n) is 10.1. The Labute approximate surface area is 160 Å². The number of benzene rings is 1. The third kappa shape index (κ3) is 2.51. The topological polar surface area (TPSA) is 66.8 Å². The molecule has 0 amide bonds. The van der Waals surface area contributed by atoms with Crippen LogP contribution in [0.25, 0.3) is 0 Å². The average Bonchev–Trinajstić information content (AvgIpc) is 3.20. The Hall–Kier alpha value is -1.72. The van der Waals surface area contributed by atoms with Crippen LogP contribution < -0.4 is 4.90 Å². The maximum atomic E-state index is 13.3. The van der Waals surface area contributed by atoms with Crippen LogP contribution in [0, 0.1) is 17.3 Å². The normalized spacial score (nSPS) is 37.8. The van der Waals surface area contributed by atoms with E-state index in [-0.39, 0.29) is 29.9 Å². The standard InChI is InChI=1S/C22H29NO4/c1-4-5-8-15-14(2)18(24)21(3,19(15)25)13-23-17-10-7-6-9-16(17)22(26)11-12-27-20(22)23/h6-7,9-10,14-15,20,26H,4-5,8,11-13H2,1-3H3/t14-,15-,20+,21-,22-/m0/s1. The van der Waals surface area contributed by atoms with E-state index in [4.69, 9.17) is 4.74 Å². The van der Waals surface area contributed by atoms with E-state index in [1.807, 2.05) is 36.1 Å². The molecule has 0 radical (unpaired) electrons. The molecular weight excluding hydrogens is 342 g/mol. The lowest BCUT2D eigenvalue weighted by Crippen LogP contribution is -2.49. The van der Waals surface area contributed by atoms with Crippen molar-refractivity contribution in [2.24, 2.45) is 17.3 Å². The number of aliphatic hydroxyl groups is 1. The smallest absolute Gasteiger partial charge is 0.163 e. The van der Waals surface area contributed by atoms with Crippen molar-refractivity contribution >= 4 is 17.3 Å². The second-order valence-electron chi connectivity index (χ2n) is 8.64. The minimum Gasteiger partial charge on any atom is -0.380 e. The minimum absolute atomic E-state index is 0.0273. The summed E-state index contributed by atoms with van der Waals surface area (Å²) in [7, 11) is 0. The summed E-state index contributed by atoms with van der Waals surface area (Å²) in [6, 6.07) is 7.69. The molecule has 5 atom stereocenters. The van der Waals surface area contributed by atoms with Crippen LogP contribution in [0.5, 0.6) is 0 Å². The molecule has 1 aromatic carbocycles. The molecule has 2 fully saturated rings. The van der Waals surface area contributed by atoms with Crippen molar-refractivity contribution in [1.82, 2.24) is 0 Å². The van der Waals surface area contributed by atoms with Gasteiger partial charge in [0.1, 0.15) is 11.0 Å². The van der Waals surface area contributed by atoms with E-state index in [1.165, 1.54) is 0 Å². The molecule has 1 saturated heterocycles. The zero-order valence-electron chi connectivity index (χ0n) is 16.4. The third-order valence-electron chi connectivity index (χ3n) is 6.93. The number of rotatable bonds is 5. The third-order valence-corrected chi connectivity index (χ3v) is 6.93. The molecule has 1 N–H and O–H groups in total. The van der Waals surface area contributed by atoms with E-state index in [0.29, 0.717) is 13.0 Å². The molecule has 3 aliphatic rings. The molecule has 5 nitrogen and oxygen atoms in total. The number of unbranched alkanes of at least 4 members (excludes halogenated alkanes) is 1. The monoisotopic (exact) mass is 371 g/mol. The van der Waals surface area contributed by atoms with Crippen LogP contribution in [-0.4, -0.2) is 36.1 Å². The molecule has 2 heterocycles. The summed E-state index contributed by atoms with van der Waals surface area (Å²) >= 11 is 0. The van der Waals surface area contributed by atoms with Crippen LogP contribution in [0.15, 0.2) is 24.3 Å². The van der Waals surface area contributed by atoms with Crippen LogP contribution in [0.1, 0.15) is 52.0 Å². The fourth-order valence-corrected chi connectivity index (χ4v) is 5.33. The van der Waals surface area contributed by atoms with Crippen LogP contribution in [0.4, 0.5) is 5.69 Å². The molecule has 1 aromatic rings. The van der Waals surface area contributed by atoms with Gasteiger partial charge in [0, 0.05) is 36.1 Å². The van der Waals surface area contributed by atoms with Crippen molar-refractivity contribution in [3.63, 3.8) is 0 Å². The number of carbonyl (C=O) groups is 2. The summed E-state index contributed by atoms with van der Waals surface area (Å²) in [5.74, 6) is -0.349. The van der Waals surface area contributed by atoms with E-state index >= 15 is 0 Å². The molecule has 1 saturated carbocycles. The Morgan fingerprint density at radius 3 is 2.74 bits per heavy atom. The predicted molar refractivity (Wildman–Crippen MR) is 102 cm³/mol. The number of fused-ring (bicyclic) bond motifs is 3. The van der Waals surface area contributed by atoms with Gasteiger partial charge in [-0.2, -0.15) is 0 Å². The van der Waals surface area contributed by atoms with Gasteiger partial charge in [-0.25, -0.2) is 0 Å². The van der Waals surface area contributed by atoms with Gasteiger partial charge >= 0.3 is 0 Å². The second-order valence-corrected chi connectivity index (χ2v) is 8.64. The van der Waals surface area contributed by atoms with Crippen LogP contribution >= 0.6 is 0 Å². The van der Waals surface area contributed by atoms with Gasteiger partial charge in [0.2, 0.25) is 0 Å². The van der Waals surface area contributed by atoms with Crippen molar-refractivity contribution in [2.75, 3.05) is 18.1 Å².